The summed E-state index contributed by atoms with van der Waals surface area (Å²) in [5.74, 6) is -0.715. The number of alkyl halides is 3. The van der Waals surface area contributed by atoms with Crippen molar-refractivity contribution in [3.8, 4) is 0 Å². The van der Waals surface area contributed by atoms with E-state index in [1.807, 2.05) is 31.1 Å². The summed E-state index contributed by atoms with van der Waals surface area (Å²) in [6.07, 6.45) is -2.60. The summed E-state index contributed by atoms with van der Waals surface area (Å²) in [6.45, 7) is -0.570. The van der Waals surface area contributed by atoms with Crippen LogP contribution < -0.4 is 15.9 Å². The highest BCUT2D eigenvalue weighted by molar-refractivity contribution is 5.82. The smallest absolute Gasteiger partial charge is 0.378 e. The monoisotopic (exact) mass is 366 g/mol. The number of nitrogens with one attached hydrogen (secondary N) is 1. The number of hydrazone groups is 1. The summed E-state index contributed by atoms with van der Waals surface area (Å²) < 4.78 is 38.7. The lowest BCUT2D eigenvalue weighted by molar-refractivity contribution is -0.138. The number of carbonyl (C=O) groups is 1. The minimum absolute atomic E-state index is 0.570. The van der Waals surface area contributed by atoms with Crippen molar-refractivity contribution in [3.05, 3.63) is 64.1 Å². The average Bonchev–Trinajstić information content (AvgIpc) is 2.56. The van der Waals surface area contributed by atoms with Gasteiger partial charge in [0.05, 0.1) is 11.8 Å². The molecule has 2 aromatic rings. The van der Waals surface area contributed by atoms with Gasteiger partial charge in [-0.3, -0.25) is 9.59 Å². The number of benzene rings is 1. The number of carbonyl (C=O) groups excluding carboxylic acids is 1. The Kier molecular flexibility index (Phi) is 5.81. The minimum Gasteiger partial charge on any atom is -0.378 e. The molecule has 0 aliphatic carbocycles. The molecule has 6 nitrogen and oxygen atoms in total. The van der Waals surface area contributed by atoms with Gasteiger partial charge in [-0.2, -0.15) is 18.3 Å². The molecule has 9 heteroatoms. The Labute approximate surface area is 147 Å². The lowest BCUT2D eigenvalue weighted by Crippen LogP contribution is -2.30. The second kappa shape index (κ2) is 7.85. The number of aromatic nitrogens is 1. The molecule has 0 aliphatic heterocycles. The third kappa shape index (κ3) is 5.20. The van der Waals surface area contributed by atoms with Crippen LogP contribution in [0.2, 0.25) is 0 Å². The van der Waals surface area contributed by atoms with Crippen molar-refractivity contribution < 1.29 is 18.0 Å². The van der Waals surface area contributed by atoms with Crippen LogP contribution in [0.25, 0.3) is 0 Å². The maximum Gasteiger partial charge on any atom is 0.417 e. The van der Waals surface area contributed by atoms with E-state index in [4.69, 9.17) is 0 Å². The third-order valence-corrected chi connectivity index (χ3v) is 3.44. The molecule has 138 valence electrons. The van der Waals surface area contributed by atoms with Crippen LogP contribution in [0.1, 0.15) is 11.1 Å². The fourth-order valence-corrected chi connectivity index (χ4v) is 2.05. The molecule has 0 saturated heterocycles. The predicted octanol–water partition coefficient (Wildman–Crippen LogP) is 2.08. The lowest BCUT2D eigenvalue weighted by atomic mass is 10.2. The first-order valence-electron chi connectivity index (χ1n) is 7.54. The van der Waals surface area contributed by atoms with Gasteiger partial charge in [0.2, 0.25) is 0 Å². The average molecular weight is 366 g/mol. The van der Waals surface area contributed by atoms with Crippen LogP contribution in [0.3, 0.4) is 0 Å². The Morgan fingerprint density at radius 1 is 1.19 bits per heavy atom. The van der Waals surface area contributed by atoms with E-state index < -0.39 is 29.8 Å². The van der Waals surface area contributed by atoms with Crippen molar-refractivity contribution >= 4 is 17.8 Å². The van der Waals surface area contributed by atoms with Crippen LogP contribution in [-0.2, 0) is 17.5 Å². The van der Waals surface area contributed by atoms with Crippen LogP contribution in [0, 0.1) is 0 Å². The molecule has 1 heterocycles. The highest BCUT2D eigenvalue weighted by Crippen LogP contribution is 2.27. The number of halogens is 3. The highest BCUT2D eigenvalue weighted by Gasteiger charge is 2.31. The number of anilines is 1. The number of pyridine rings is 1. The van der Waals surface area contributed by atoms with Gasteiger partial charge in [0, 0.05) is 32.0 Å². The van der Waals surface area contributed by atoms with Crippen LogP contribution in [0.4, 0.5) is 18.9 Å². The maximum absolute atomic E-state index is 12.7. The van der Waals surface area contributed by atoms with Crippen LogP contribution in [0.15, 0.2) is 52.5 Å². The minimum atomic E-state index is -4.59. The van der Waals surface area contributed by atoms with Crippen molar-refractivity contribution in [1.29, 1.82) is 0 Å². The summed E-state index contributed by atoms with van der Waals surface area (Å²) >= 11 is 0. The first kappa shape index (κ1) is 19.2. The number of amides is 1. The molecule has 0 atom stereocenters. The molecular weight excluding hydrogens is 349 g/mol. The quantitative estimate of drug-likeness (QED) is 0.651. The molecule has 0 saturated carbocycles. The van der Waals surface area contributed by atoms with Crippen LogP contribution in [0.5, 0.6) is 0 Å². The fourth-order valence-electron chi connectivity index (χ4n) is 2.05. The summed E-state index contributed by atoms with van der Waals surface area (Å²) in [4.78, 5) is 25.3. The SMILES string of the molecule is CN(C)c1ccc(/C=N/NC(=O)Cn2cc(C(F)(F)F)ccc2=O)cc1. The van der Waals surface area contributed by atoms with Gasteiger partial charge >= 0.3 is 6.18 Å². The summed E-state index contributed by atoms with van der Waals surface area (Å²) in [7, 11) is 3.80. The number of nitrogens with zero attached hydrogens (tertiary/aromatic N) is 3. The molecule has 0 radical (unpaired) electrons. The molecule has 0 unspecified atom stereocenters. The molecule has 2 rings (SSSR count). The Balaban J connectivity index is 1.99. The summed E-state index contributed by atoms with van der Waals surface area (Å²) in [5, 5.41) is 3.74. The number of rotatable bonds is 5. The van der Waals surface area contributed by atoms with Crippen molar-refractivity contribution in [2.75, 3.05) is 19.0 Å². The van der Waals surface area contributed by atoms with E-state index in [-0.39, 0.29) is 0 Å². The second-order valence-electron chi connectivity index (χ2n) is 5.66. The van der Waals surface area contributed by atoms with E-state index in [0.29, 0.717) is 16.8 Å². The van der Waals surface area contributed by atoms with Gasteiger partial charge in [0.25, 0.3) is 11.5 Å². The number of hydrogen-bond donors (Lipinski definition) is 1. The highest BCUT2D eigenvalue weighted by atomic mass is 19.4. The van der Waals surface area contributed by atoms with Gasteiger partial charge in [-0.25, -0.2) is 5.43 Å². The topological polar surface area (TPSA) is 66.7 Å². The molecule has 1 N–H and O–H groups in total. The predicted molar refractivity (Wildman–Crippen MR) is 92.2 cm³/mol. The zero-order valence-electron chi connectivity index (χ0n) is 14.1. The van der Waals surface area contributed by atoms with E-state index in [0.717, 1.165) is 17.3 Å². The summed E-state index contributed by atoms with van der Waals surface area (Å²) in [6, 6.07) is 8.76. The Hall–Kier alpha value is -3.10. The molecule has 1 amide bonds. The molecule has 1 aromatic carbocycles. The van der Waals surface area contributed by atoms with Crippen molar-refractivity contribution in [3.63, 3.8) is 0 Å². The molecule has 0 aliphatic rings. The van der Waals surface area contributed by atoms with E-state index in [9.17, 15) is 22.8 Å². The Morgan fingerprint density at radius 2 is 1.85 bits per heavy atom. The van der Waals surface area contributed by atoms with Gasteiger partial charge in [0.1, 0.15) is 6.54 Å². The molecule has 0 fully saturated rings. The lowest BCUT2D eigenvalue weighted by Gasteiger charge is -2.11. The van der Waals surface area contributed by atoms with Crippen LogP contribution >= 0.6 is 0 Å². The Bertz CT molecular complexity index is 856. The van der Waals surface area contributed by atoms with Crippen molar-refractivity contribution in [1.82, 2.24) is 9.99 Å². The van der Waals surface area contributed by atoms with E-state index >= 15 is 0 Å². The first-order chi connectivity index (χ1) is 12.2. The Morgan fingerprint density at radius 3 is 2.42 bits per heavy atom. The first-order valence-corrected chi connectivity index (χ1v) is 7.54. The normalized spacial score (nSPS) is 11.6. The standard InChI is InChI=1S/C17H17F3N4O2/c1-23(2)14-6-3-12(4-7-14)9-21-22-15(25)11-24-10-13(17(18,19)20)5-8-16(24)26/h3-10H,11H2,1-2H3,(H,22,25)/b21-9+. The fraction of sp³-hybridized carbons (Fsp3) is 0.235. The molecular formula is C17H17F3N4O2. The van der Waals surface area contributed by atoms with E-state index in [1.165, 1.54) is 6.21 Å². The van der Waals surface area contributed by atoms with Gasteiger partial charge in [-0.15, -0.1) is 0 Å². The maximum atomic E-state index is 12.7. The molecule has 1 aromatic heterocycles. The van der Waals surface area contributed by atoms with Gasteiger partial charge in [0.15, 0.2) is 0 Å². The third-order valence-electron chi connectivity index (χ3n) is 3.44. The van der Waals surface area contributed by atoms with E-state index in [1.54, 1.807) is 12.1 Å². The van der Waals surface area contributed by atoms with Crippen molar-refractivity contribution in [2.45, 2.75) is 12.7 Å². The van der Waals surface area contributed by atoms with Gasteiger partial charge < -0.3 is 9.47 Å². The molecule has 26 heavy (non-hydrogen) atoms. The zero-order valence-corrected chi connectivity index (χ0v) is 14.1. The molecule has 0 bridgehead atoms. The largest absolute Gasteiger partial charge is 0.417 e. The van der Waals surface area contributed by atoms with Crippen molar-refractivity contribution in [2.24, 2.45) is 5.10 Å². The van der Waals surface area contributed by atoms with Crippen LogP contribution in [-0.4, -0.2) is 30.8 Å². The number of hydrogen-bond acceptors (Lipinski definition) is 4. The zero-order chi connectivity index (χ0) is 19.3. The van der Waals surface area contributed by atoms with Gasteiger partial charge in [-0.1, -0.05) is 12.1 Å². The second-order valence-corrected chi connectivity index (χ2v) is 5.66. The summed E-state index contributed by atoms with van der Waals surface area (Å²) in [5.41, 5.74) is 2.19. The van der Waals surface area contributed by atoms with Gasteiger partial charge in [-0.05, 0) is 23.8 Å². The molecule has 0 spiro atoms. The van der Waals surface area contributed by atoms with E-state index in [2.05, 4.69) is 10.5 Å².